The van der Waals surface area contributed by atoms with Crippen molar-refractivity contribution in [3.05, 3.63) is 64.9 Å². The van der Waals surface area contributed by atoms with Crippen LogP contribution in [-0.4, -0.2) is 23.5 Å². The van der Waals surface area contributed by atoms with Crippen LogP contribution >= 0.6 is 0 Å². The van der Waals surface area contributed by atoms with E-state index in [-0.39, 0.29) is 17.5 Å². The molecule has 26 heavy (non-hydrogen) atoms. The van der Waals surface area contributed by atoms with Crippen molar-refractivity contribution in [3.8, 4) is 0 Å². The molecule has 2 heterocycles. The Labute approximate surface area is 149 Å². The lowest BCUT2D eigenvalue weighted by Gasteiger charge is -2.12. The van der Waals surface area contributed by atoms with E-state index in [4.69, 9.17) is 0 Å². The van der Waals surface area contributed by atoms with E-state index in [1.165, 1.54) is 18.2 Å². The minimum atomic E-state index is -0.395. The number of H-pyrrole nitrogens is 1. The van der Waals surface area contributed by atoms with Gasteiger partial charge in [-0.15, -0.1) is 0 Å². The van der Waals surface area contributed by atoms with Crippen LogP contribution < -0.4 is 10.6 Å². The molecule has 1 aliphatic heterocycles. The van der Waals surface area contributed by atoms with E-state index in [0.717, 1.165) is 27.9 Å². The van der Waals surface area contributed by atoms with Gasteiger partial charge in [-0.05, 0) is 48.7 Å². The smallest absolute Gasteiger partial charge is 0.242 e. The lowest BCUT2D eigenvalue weighted by molar-refractivity contribution is -0.121. The van der Waals surface area contributed by atoms with E-state index in [1.54, 1.807) is 12.1 Å². The standard InChI is InChI=1S/C20H19F2N3O/c1-11-14(15-3-2-4-16(22)19(15)24-11)7-8-23-20(26)18-10-12-9-13(21)5-6-17(12)25-18/h2-6,9,18,24-25H,7-8,10H2,1H3,(H,23,26). The molecule has 6 heteroatoms. The van der Waals surface area contributed by atoms with Gasteiger partial charge in [0, 0.05) is 29.7 Å². The van der Waals surface area contributed by atoms with Crippen LogP contribution in [0.1, 0.15) is 16.8 Å². The molecule has 4 rings (SSSR count). The third-order valence-corrected chi connectivity index (χ3v) is 4.92. The molecule has 0 spiro atoms. The van der Waals surface area contributed by atoms with Crippen LogP contribution in [0.4, 0.5) is 14.5 Å². The van der Waals surface area contributed by atoms with Gasteiger partial charge in [-0.1, -0.05) is 12.1 Å². The number of aromatic nitrogens is 1. The molecule has 1 aromatic heterocycles. The van der Waals surface area contributed by atoms with Crippen molar-refractivity contribution in [2.24, 2.45) is 0 Å². The van der Waals surface area contributed by atoms with Gasteiger partial charge in [0.1, 0.15) is 17.7 Å². The minimum absolute atomic E-state index is 0.120. The fourth-order valence-corrected chi connectivity index (χ4v) is 3.61. The van der Waals surface area contributed by atoms with Crippen molar-refractivity contribution in [2.45, 2.75) is 25.8 Å². The largest absolute Gasteiger partial charge is 0.373 e. The van der Waals surface area contributed by atoms with Crippen LogP contribution in [0.3, 0.4) is 0 Å². The number of benzene rings is 2. The number of aromatic amines is 1. The van der Waals surface area contributed by atoms with Gasteiger partial charge < -0.3 is 15.6 Å². The van der Waals surface area contributed by atoms with Gasteiger partial charge in [-0.2, -0.15) is 0 Å². The number of fused-ring (bicyclic) bond motifs is 2. The maximum Gasteiger partial charge on any atom is 0.242 e. The summed E-state index contributed by atoms with van der Waals surface area (Å²) in [6.07, 6.45) is 1.07. The molecule has 0 radical (unpaired) electrons. The number of nitrogens with one attached hydrogen (secondary N) is 3. The Morgan fingerprint density at radius 1 is 1.27 bits per heavy atom. The van der Waals surface area contributed by atoms with Crippen molar-refractivity contribution >= 4 is 22.5 Å². The van der Waals surface area contributed by atoms with Gasteiger partial charge in [0.2, 0.25) is 5.91 Å². The monoisotopic (exact) mass is 355 g/mol. The molecule has 0 fully saturated rings. The minimum Gasteiger partial charge on any atom is -0.373 e. The molecule has 3 N–H and O–H groups in total. The molecule has 3 aromatic rings. The van der Waals surface area contributed by atoms with Crippen LogP contribution in [0.5, 0.6) is 0 Å². The SMILES string of the molecule is Cc1[nH]c2c(F)cccc2c1CCNC(=O)C1Cc2cc(F)ccc2N1. The first-order valence-electron chi connectivity index (χ1n) is 8.61. The average molecular weight is 355 g/mol. The van der Waals surface area contributed by atoms with Gasteiger partial charge in [-0.25, -0.2) is 8.78 Å². The van der Waals surface area contributed by atoms with Gasteiger partial charge >= 0.3 is 0 Å². The Kier molecular flexibility index (Phi) is 4.11. The van der Waals surface area contributed by atoms with Crippen LogP contribution in [-0.2, 0) is 17.6 Å². The Morgan fingerprint density at radius 3 is 2.96 bits per heavy atom. The number of carbonyl (C=O) groups is 1. The summed E-state index contributed by atoms with van der Waals surface area (Å²) in [5.74, 6) is -0.694. The zero-order valence-electron chi connectivity index (χ0n) is 14.3. The third-order valence-electron chi connectivity index (χ3n) is 4.92. The average Bonchev–Trinajstić information content (AvgIpc) is 3.17. The number of anilines is 1. The van der Waals surface area contributed by atoms with Gasteiger partial charge in [0.15, 0.2) is 0 Å². The first kappa shape index (κ1) is 16.6. The molecular weight excluding hydrogens is 336 g/mol. The van der Waals surface area contributed by atoms with Crippen molar-refractivity contribution in [2.75, 3.05) is 11.9 Å². The van der Waals surface area contributed by atoms with E-state index >= 15 is 0 Å². The van der Waals surface area contributed by atoms with Crippen molar-refractivity contribution in [1.82, 2.24) is 10.3 Å². The van der Waals surface area contributed by atoms with Crippen molar-refractivity contribution in [3.63, 3.8) is 0 Å². The lowest BCUT2D eigenvalue weighted by Crippen LogP contribution is -2.39. The van der Waals surface area contributed by atoms with Gasteiger partial charge in [-0.3, -0.25) is 4.79 Å². The molecule has 1 aliphatic rings. The Morgan fingerprint density at radius 2 is 2.12 bits per heavy atom. The first-order chi connectivity index (χ1) is 12.5. The van der Waals surface area contributed by atoms with E-state index in [0.29, 0.717) is 24.9 Å². The highest BCUT2D eigenvalue weighted by molar-refractivity contribution is 5.88. The van der Waals surface area contributed by atoms with Crippen LogP contribution in [0.25, 0.3) is 10.9 Å². The molecule has 0 saturated heterocycles. The summed E-state index contributed by atoms with van der Waals surface area (Å²) < 4.78 is 27.1. The maximum absolute atomic E-state index is 13.9. The quantitative estimate of drug-likeness (QED) is 0.671. The van der Waals surface area contributed by atoms with Crippen LogP contribution in [0, 0.1) is 18.6 Å². The third kappa shape index (κ3) is 2.92. The molecule has 1 unspecified atom stereocenters. The number of carbonyl (C=O) groups excluding carboxylic acids is 1. The van der Waals surface area contributed by atoms with Crippen LogP contribution in [0.15, 0.2) is 36.4 Å². The fourth-order valence-electron chi connectivity index (χ4n) is 3.61. The molecule has 0 saturated carbocycles. The first-order valence-corrected chi connectivity index (χ1v) is 8.61. The van der Waals surface area contributed by atoms with E-state index < -0.39 is 6.04 Å². The summed E-state index contributed by atoms with van der Waals surface area (Å²) in [5.41, 5.74) is 4.02. The second-order valence-electron chi connectivity index (χ2n) is 6.63. The number of amides is 1. The number of hydrogen-bond donors (Lipinski definition) is 3. The molecular formula is C20H19F2N3O. The zero-order valence-corrected chi connectivity index (χ0v) is 14.3. The number of aryl methyl sites for hydroxylation is 1. The highest BCUT2D eigenvalue weighted by Crippen LogP contribution is 2.27. The number of para-hydroxylation sites is 1. The van der Waals surface area contributed by atoms with E-state index in [9.17, 15) is 13.6 Å². The van der Waals surface area contributed by atoms with Crippen LogP contribution in [0.2, 0.25) is 0 Å². The molecule has 0 aliphatic carbocycles. The molecule has 2 aromatic carbocycles. The Balaban J connectivity index is 1.39. The molecule has 0 bridgehead atoms. The number of halogens is 2. The fraction of sp³-hybridized carbons (Fsp3) is 0.250. The molecule has 1 amide bonds. The lowest BCUT2D eigenvalue weighted by atomic mass is 10.1. The Hall–Kier alpha value is -2.89. The maximum atomic E-state index is 13.9. The predicted octanol–water partition coefficient (Wildman–Crippen LogP) is 3.45. The summed E-state index contributed by atoms with van der Waals surface area (Å²) in [4.78, 5) is 15.5. The van der Waals surface area contributed by atoms with Crippen molar-refractivity contribution < 1.29 is 13.6 Å². The summed E-state index contributed by atoms with van der Waals surface area (Å²) in [7, 11) is 0. The Bertz CT molecular complexity index is 996. The second-order valence-corrected chi connectivity index (χ2v) is 6.63. The van der Waals surface area contributed by atoms with Crippen molar-refractivity contribution in [1.29, 1.82) is 0 Å². The van der Waals surface area contributed by atoms with Gasteiger partial charge in [0.25, 0.3) is 0 Å². The van der Waals surface area contributed by atoms with E-state index in [2.05, 4.69) is 15.6 Å². The summed E-state index contributed by atoms with van der Waals surface area (Å²) >= 11 is 0. The summed E-state index contributed by atoms with van der Waals surface area (Å²) in [6.45, 7) is 2.35. The highest BCUT2D eigenvalue weighted by atomic mass is 19.1. The number of rotatable bonds is 4. The molecule has 1 atom stereocenters. The molecule has 134 valence electrons. The van der Waals surface area contributed by atoms with E-state index in [1.807, 2.05) is 13.0 Å². The van der Waals surface area contributed by atoms with Gasteiger partial charge in [0.05, 0.1) is 5.52 Å². The second kappa shape index (κ2) is 6.44. The number of hydrogen-bond acceptors (Lipinski definition) is 2. The zero-order chi connectivity index (χ0) is 18.3. The summed E-state index contributed by atoms with van der Waals surface area (Å²) in [6, 6.07) is 9.09. The topological polar surface area (TPSA) is 56.9 Å². The predicted molar refractivity (Wildman–Crippen MR) is 97.2 cm³/mol. The highest BCUT2D eigenvalue weighted by Gasteiger charge is 2.26. The normalized spacial score (nSPS) is 15.7. The summed E-state index contributed by atoms with van der Waals surface area (Å²) in [5, 5.41) is 6.88. The molecule has 4 nitrogen and oxygen atoms in total.